The summed E-state index contributed by atoms with van der Waals surface area (Å²) in [7, 11) is 0. The first-order valence-electron chi connectivity index (χ1n) is 6.71. The standard InChI is InChI=1S/C14H19NO4S/c1-10(7-12-3-2-6-20-12)14(18)15-4-5-19-11(9-15)8-13(16)17/h2-3,6,10-11H,4-5,7-9H2,1H3,(H,16,17)/t10-,11+/m1/s1. The molecule has 0 unspecified atom stereocenters. The lowest BCUT2D eigenvalue weighted by molar-refractivity contribution is -0.149. The topological polar surface area (TPSA) is 66.8 Å². The van der Waals surface area contributed by atoms with Crippen molar-refractivity contribution in [3.05, 3.63) is 22.4 Å². The van der Waals surface area contributed by atoms with E-state index in [0.29, 0.717) is 19.7 Å². The maximum absolute atomic E-state index is 12.4. The number of hydrogen-bond donors (Lipinski definition) is 1. The van der Waals surface area contributed by atoms with E-state index in [-0.39, 0.29) is 24.3 Å². The molecule has 0 radical (unpaired) electrons. The lowest BCUT2D eigenvalue weighted by Crippen LogP contribution is -2.48. The van der Waals surface area contributed by atoms with Gasteiger partial charge in [0.2, 0.25) is 5.91 Å². The normalized spacial score (nSPS) is 20.6. The molecule has 20 heavy (non-hydrogen) atoms. The molecular weight excluding hydrogens is 278 g/mol. The van der Waals surface area contributed by atoms with E-state index in [4.69, 9.17) is 9.84 Å². The molecule has 2 rings (SSSR count). The van der Waals surface area contributed by atoms with Gasteiger partial charge < -0.3 is 14.7 Å². The van der Waals surface area contributed by atoms with Gasteiger partial charge in [-0.25, -0.2) is 0 Å². The Morgan fingerprint density at radius 1 is 1.60 bits per heavy atom. The molecule has 0 aliphatic carbocycles. The van der Waals surface area contributed by atoms with Gasteiger partial charge in [0.15, 0.2) is 0 Å². The molecule has 1 saturated heterocycles. The molecule has 110 valence electrons. The third-order valence-corrected chi connectivity index (χ3v) is 4.26. The van der Waals surface area contributed by atoms with Gasteiger partial charge in [-0.15, -0.1) is 11.3 Å². The first kappa shape index (κ1) is 15.0. The Kier molecular flexibility index (Phi) is 5.14. The van der Waals surface area contributed by atoms with E-state index >= 15 is 0 Å². The van der Waals surface area contributed by atoms with Crippen molar-refractivity contribution in [1.82, 2.24) is 4.90 Å². The Bertz CT molecular complexity index is 460. The third kappa shape index (κ3) is 4.05. The molecule has 1 aliphatic rings. The summed E-state index contributed by atoms with van der Waals surface area (Å²) in [4.78, 5) is 26.0. The highest BCUT2D eigenvalue weighted by Crippen LogP contribution is 2.18. The van der Waals surface area contributed by atoms with E-state index in [1.54, 1.807) is 16.2 Å². The summed E-state index contributed by atoms with van der Waals surface area (Å²) in [6.45, 7) is 3.25. The van der Waals surface area contributed by atoms with Crippen LogP contribution in [0.4, 0.5) is 0 Å². The molecule has 0 spiro atoms. The molecule has 1 aromatic heterocycles. The number of carboxylic acid groups (broad SMARTS) is 1. The highest BCUT2D eigenvalue weighted by atomic mass is 32.1. The zero-order valence-electron chi connectivity index (χ0n) is 11.4. The summed E-state index contributed by atoms with van der Waals surface area (Å²) >= 11 is 1.65. The predicted octanol–water partition coefficient (Wildman–Crippen LogP) is 1.63. The summed E-state index contributed by atoms with van der Waals surface area (Å²) in [5, 5.41) is 10.8. The minimum absolute atomic E-state index is 0.0525. The fourth-order valence-electron chi connectivity index (χ4n) is 2.37. The van der Waals surface area contributed by atoms with Crippen LogP contribution >= 0.6 is 11.3 Å². The average Bonchev–Trinajstić information content (AvgIpc) is 2.90. The number of amides is 1. The highest BCUT2D eigenvalue weighted by Gasteiger charge is 2.28. The monoisotopic (exact) mass is 297 g/mol. The molecule has 6 heteroatoms. The quantitative estimate of drug-likeness (QED) is 0.897. The Morgan fingerprint density at radius 2 is 2.40 bits per heavy atom. The van der Waals surface area contributed by atoms with Gasteiger partial charge in [-0.2, -0.15) is 0 Å². The van der Waals surface area contributed by atoms with Crippen molar-refractivity contribution in [1.29, 1.82) is 0 Å². The lowest BCUT2D eigenvalue weighted by atomic mass is 10.0. The zero-order valence-corrected chi connectivity index (χ0v) is 12.3. The van der Waals surface area contributed by atoms with Gasteiger partial charge in [0, 0.05) is 23.9 Å². The second-order valence-corrected chi connectivity index (χ2v) is 6.09. The molecule has 2 atom stereocenters. The fraction of sp³-hybridized carbons (Fsp3) is 0.571. The predicted molar refractivity (Wildman–Crippen MR) is 75.8 cm³/mol. The number of nitrogens with zero attached hydrogens (tertiary/aromatic N) is 1. The molecule has 0 saturated carbocycles. The molecule has 1 aliphatic heterocycles. The number of carbonyl (C=O) groups excluding carboxylic acids is 1. The van der Waals surface area contributed by atoms with Crippen LogP contribution < -0.4 is 0 Å². The first-order chi connectivity index (χ1) is 9.56. The van der Waals surface area contributed by atoms with E-state index in [9.17, 15) is 9.59 Å². The molecule has 0 aromatic carbocycles. The molecular formula is C14H19NO4S. The third-order valence-electron chi connectivity index (χ3n) is 3.36. The van der Waals surface area contributed by atoms with Crippen molar-refractivity contribution < 1.29 is 19.4 Å². The van der Waals surface area contributed by atoms with E-state index in [1.165, 1.54) is 4.88 Å². The Morgan fingerprint density at radius 3 is 3.05 bits per heavy atom. The summed E-state index contributed by atoms with van der Waals surface area (Å²) in [5.74, 6) is -0.898. The largest absolute Gasteiger partial charge is 0.481 e. The van der Waals surface area contributed by atoms with Crippen molar-refractivity contribution in [2.24, 2.45) is 5.92 Å². The lowest BCUT2D eigenvalue weighted by Gasteiger charge is -2.33. The van der Waals surface area contributed by atoms with E-state index < -0.39 is 5.97 Å². The number of carbonyl (C=O) groups is 2. The molecule has 2 heterocycles. The number of aliphatic carboxylic acids is 1. The number of thiophene rings is 1. The van der Waals surface area contributed by atoms with Gasteiger partial charge >= 0.3 is 5.97 Å². The van der Waals surface area contributed by atoms with Crippen LogP contribution in [0.15, 0.2) is 17.5 Å². The van der Waals surface area contributed by atoms with Gasteiger partial charge in [0.05, 0.1) is 19.1 Å². The molecule has 1 N–H and O–H groups in total. The summed E-state index contributed by atoms with van der Waals surface area (Å²) in [6.07, 6.45) is 0.291. The van der Waals surface area contributed by atoms with Crippen LogP contribution in [-0.4, -0.2) is 47.7 Å². The fourth-order valence-corrected chi connectivity index (χ4v) is 3.20. The van der Waals surface area contributed by atoms with Gasteiger partial charge in [-0.1, -0.05) is 13.0 Å². The number of ether oxygens (including phenoxy) is 1. The van der Waals surface area contributed by atoms with E-state index in [1.807, 2.05) is 24.4 Å². The minimum Gasteiger partial charge on any atom is -0.481 e. The Labute approximate surface area is 122 Å². The molecule has 1 aromatic rings. The Balaban J connectivity index is 1.89. The second kappa shape index (κ2) is 6.85. The van der Waals surface area contributed by atoms with Crippen molar-refractivity contribution in [3.8, 4) is 0 Å². The summed E-state index contributed by atoms with van der Waals surface area (Å²) in [5.41, 5.74) is 0. The zero-order chi connectivity index (χ0) is 14.5. The maximum Gasteiger partial charge on any atom is 0.306 e. The van der Waals surface area contributed by atoms with Crippen LogP contribution in [0.25, 0.3) is 0 Å². The van der Waals surface area contributed by atoms with Crippen LogP contribution in [0.2, 0.25) is 0 Å². The summed E-state index contributed by atoms with van der Waals surface area (Å²) in [6, 6.07) is 4.01. The van der Waals surface area contributed by atoms with Gasteiger partial charge in [0.25, 0.3) is 0 Å². The molecule has 5 nitrogen and oxygen atoms in total. The van der Waals surface area contributed by atoms with Gasteiger partial charge in [-0.05, 0) is 17.9 Å². The highest BCUT2D eigenvalue weighted by molar-refractivity contribution is 7.09. The molecule has 0 bridgehead atoms. The van der Waals surface area contributed by atoms with Crippen LogP contribution in [0.3, 0.4) is 0 Å². The van der Waals surface area contributed by atoms with Crippen molar-refractivity contribution in [3.63, 3.8) is 0 Å². The van der Waals surface area contributed by atoms with Gasteiger partial charge in [-0.3, -0.25) is 9.59 Å². The van der Waals surface area contributed by atoms with E-state index in [2.05, 4.69) is 0 Å². The molecule has 1 amide bonds. The number of rotatable bonds is 5. The summed E-state index contributed by atoms with van der Waals surface area (Å²) < 4.78 is 5.38. The van der Waals surface area contributed by atoms with Crippen LogP contribution in [0, 0.1) is 5.92 Å². The van der Waals surface area contributed by atoms with Crippen molar-refractivity contribution in [2.45, 2.75) is 25.9 Å². The van der Waals surface area contributed by atoms with Gasteiger partial charge in [0.1, 0.15) is 0 Å². The smallest absolute Gasteiger partial charge is 0.306 e. The van der Waals surface area contributed by atoms with E-state index in [0.717, 1.165) is 6.42 Å². The minimum atomic E-state index is -0.893. The SMILES string of the molecule is C[C@H](Cc1cccs1)C(=O)N1CCO[C@@H](CC(=O)O)C1. The number of hydrogen-bond acceptors (Lipinski definition) is 4. The van der Waals surface area contributed by atoms with Crippen molar-refractivity contribution in [2.75, 3.05) is 19.7 Å². The maximum atomic E-state index is 12.4. The first-order valence-corrected chi connectivity index (χ1v) is 7.58. The second-order valence-electron chi connectivity index (χ2n) is 5.06. The Hall–Kier alpha value is -1.40. The van der Waals surface area contributed by atoms with Crippen LogP contribution in [0.1, 0.15) is 18.2 Å². The number of morpholine rings is 1. The number of carboxylic acids is 1. The average molecular weight is 297 g/mol. The molecule has 1 fully saturated rings. The van der Waals surface area contributed by atoms with Crippen LogP contribution in [-0.2, 0) is 20.7 Å². The van der Waals surface area contributed by atoms with Crippen molar-refractivity contribution >= 4 is 23.2 Å². The van der Waals surface area contributed by atoms with Crippen LogP contribution in [0.5, 0.6) is 0 Å².